The fourth-order valence-corrected chi connectivity index (χ4v) is 2.68. The lowest BCUT2D eigenvalue weighted by Crippen LogP contribution is -2.61. The number of likely N-dealkylation sites (tertiary alicyclic amines) is 1. The zero-order chi connectivity index (χ0) is 12.0. The molecule has 0 spiro atoms. The van der Waals surface area contributed by atoms with E-state index in [1.807, 2.05) is 0 Å². The van der Waals surface area contributed by atoms with Crippen molar-refractivity contribution in [3.8, 4) is 0 Å². The van der Waals surface area contributed by atoms with Crippen LogP contribution in [-0.4, -0.2) is 43.7 Å². The van der Waals surface area contributed by atoms with Crippen molar-refractivity contribution >= 4 is 0 Å². The van der Waals surface area contributed by atoms with Crippen molar-refractivity contribution in [2.45, 2.75) is 45.1 Å². The minimum Gasteiger partial charge on any atom is -0.329 e. The molecule has 0 saturated carbocycles. The van der Waals surface area contributed by atoms with Gasteiger partial charge in [-0.3, -0.25) is 0 Å². The summed E-state index contributed by atoms with van der Waals surface area (Å²) in [5.74, 6) is 0.802. The molecule has 1 saturated heterocycles. The summed E-state index contributed by atoms with van der Waals surface area (Å²) in [4.78, 5) is 2.40. The van der Waals surface area contributed by atoms with Crippen LogP contribution in [0.3, 0.4) is 0 Å². The number of piperidine rings is 1. The third kappa shape index (κ3) is 3.72. The molecule has 3 N–H and O–H groups in total. The topological polar surface area (TPSA) is 41.3 Å². The predicted octanol–water partition coefficient (Wildman–Crippen LogP) is 1.44. The molecule has 0 aliphatic carbocycles. The van der Waals surface area contributed by atoms with Crippen LogP contribution in [-0.2, 0) is 0 Å². The molecule has 1 aliphatic heterocycles. The number of rotatable bonds is 6. The van der Waals surface area contributed by atoms with Crippen LogP contribution in [0, 0.1) is 5.92 Å². The summed E-state index contributed by atoms with van der Waals surface area (Å²) in [5, 5.41) is 3.75. The molecule has 0 aromatic rings. The van der Waals surface area contributed by atoms with Crippen LogP contribution in [0.2, 0.25) is 0 Å². The zero-order valence-corrected chi connectivity index (χ0v) is 11.3. The summed E-state index contributed by atoms with van der Waals surface area (Å²) in [5.41, 5.74) is 6.16. The van der Waals surface area contributed by atoms with E-state index in [1.165, 1.54) is 32.2 Å². The van der Waals surface area contributed by atoms with Crippen LogP contribution in [0.25, 0.3) is 0 Å². The average molecular weight is 227 g/mol. The second-order valence-electron chi connectivity index (χ2n) is 5.39. The highest BCUT2D eigenvalue weighted by Gasteiger charge is 2.32. The van der Waals surface area contributed by atoms with Gasteiger partial charge in [0.05, 0.1) is 0 Å². The molecular formula is C13H29N3. The Kier molecular flexibility index (Phi) is 5.73. The van der Waals surface area contributed by atoms with Gasteiger partial charge in [0.2, 0.25) is 0 Å². The Labute approximate surface area is 101 Å². The van der Waals surface area contributed by atoms with E-state index in [0.717, 1.165) is 25.6 Å². The van der Waals surface area contributed by atoms with Crippen molar-refractivity contribution in [3.63, 3.8) is 0 Å². The average Bonchev–Trinajstić information content (AvgIpc) is 2.30. The number of hydrogen-bond acceptors (Lipinski definition) is 3. The molecule has 96 valence electrons. The monoisotopic (exact) mass is 227 g/mol. The fourth-order valence-electron chi connectivity index (χ4n) is 2.68. The maximum atomic E-state index is 5.98. The minimum atomic E-state index is 0.176. The van der Waals surface area contributed by atoms with Gasteiger partial charge in [-0.1, -0.05) is 26.7 Å². The lowest BCUT2D eigenvalue weighted by Gasteiger charge is -2.42. The van der Waals surface area contributed by atoms with Crippen LogP contribution in [0.5, 0.6) is 0 Å². The van der Waals surface area contributed by atoms with Crippen LogP contribution in [0.4, 0.5) is 0 Å². The summed E-state index contributed by atoms with van der Waals surface area (Å²) in [6.07, 6.45) is 5.03. The van der Waals surface area contributed by atoms with E-state index < -0.39 is 0 Å². The van der Waals surface area contributed by atoms with Gasteiger partial charge in [-0.15, -0.1) is 0 Å². The Morgan fingerprint density at radius 3 is 2.56 bits per heavy atom. The summed E-state index contributed by atoms with van der Waals surface area (Å²) in [6, 6.07) is 0. The lowest BCUT2D eigenvalue weighted by atomic mass is 9.88. The van der Waals surface area contributed by atoms with Gasteiger partial charge in [-0.2, -0.15) is 0 Å². The van der Waals surface area contributed by atoms with Crippen molar-refractivity contribution in [3.05, 3.63) is 0 Å². The van der Waals surface area contributed by atoms with E-state index in [2.05, 4.69) is 31.1 Å². The number of hydrogen-bond donors (Lipinski definition) is 2. The Bertz CT molecular complexity index is 192. The molecule has 1 aliphatic rings. The number of nitrogens with one attached hydrogen (secondary N) is 1. The highest BCUT2D eigenvalue weighted by Crippen LogP contribution is 2.20. The zero-order valence-electron chi connectivity index (χ0n) is 11.3. The van der Waals surface area contributed by atoms with E-state index in [4.69, 9.17) is 5.73 Å². The largest absolute Gasteiger partial charge is 0.329 e. The summed E-state index contributed by atoms with van der Waals surface area (Å²) < 4.78 is 0. The highest BCUT2D eigenvalue weighted by molar-refractivity contribution is 4.95. The lowest BCUT2D eigenvalue weighted by molar-refractivity contribution is 0.143. The third-order valence-electron chi connectivity index (χ3n) is 4.08. The Morgan fingerprint density at radius 1 is 1.38 bits per heavy atom. The van der Waals surface area contributed by atoms with Crippen molar-refractivity contribution in [1.82, 2.24) is 10.2 Å². The first-order valence-corrected chi connectivity index (χ1v) is 6.79. The van der Waals surface area contributed by atoms with E-state index in [1.54, 1.807) is 0 Å². The Balaban J connectivity index is 2.46. The molecule has 0 aromatic heterocycles. The SMILES string of the molecule is CCC(CC)CNC1(CN)CCCN(C)C1. The van der Waals surface area contributed by atoms with Crippen LogP contribution in [0.15, 0.2) is 0 Å². The normalized spacial score (nSPS) is 27.6. The first kappa shape index (κ1) is 13.9. The van der Waals surface area contributed by atoms with Gasteiger partial charge in [-0.25, -0.2) is 0 Å². The molecule has 1 unspecified atom stereocenters. The number of likely N-dealkylation sites (N-methyl/N-ethyl adjacent to an activating group) is 1. The molecule has 1 fully saturated rings. The van der Waals surface area contributed by atoms with E-state index in [9.17, 15) is 0 Å². The van der Waals surface area contributed by atoms with E-state index in [0.29, 0.717) is 0 Å². The molecular weight excluding hydrogens is 198 g/mol. The highest BCUT2D eigenvalue weighted by atomic mass is 15.2. The van der Waals surface area contributed by atoms with Crippen LogP contribution < -0.4 is 11.1 Å². The molecule has 3 heteroatoms. The van der Waals surface area contributed by atoms with Gasteiger partial charge in [-0.05, 0) is 38.9 Å². The van der Waals surface area contributed by atoms with E-state index in [-0.39, 0.29) is 5.54 Å². The number of nitrogens with two attached hydrogens (primary N) is 1. The maximum absolute atomic E-state index is 5.98. The molecule has 1 rings (SSSR count). The first-order valence-electron chi connectivity index (χ1n) is 6.79. The summed E-state index contributed by atoms with van der Waals surface area (Å²) >= 11 is 0. The third-order valence-corrected chi connectivity index (χ3v) is 4.08. The Morgan fingerprint density at radius 2 is 2.06 bits per heavy atom. The van der Waals surface area contributed by atoms with Crippen molar-refractivity contribution in [2.75, 3.05) is 33.2 Å². The second kappa shape index (κ2) is 6.58. The van der Waals surface area contributed by atoms with E-state index >= 15 is 0 Å². The van der Waals surface area contributed by atoms with Gasteiger partial charge < -0.3 is 16.0 Å². The molecule has 0 bridgehead atoms. The molecule has 1 heterocycles. The predicted molar refractivity (Wildman–Crippen MR) is 70.6 cm³/mol. The standard InChI is InChI=1S/C13H29N3/c1-4-12(5-2)9-15-13(10-14)7-6-8-16(3)11-13/h12,15H,4-11,14H2,1-3H3. The van der Waals surface area contributed by atoms with Crippen LogP contribution >= 0.6 is 0 Å². The van der Waals surface area contributed by atoms with Gasteiger partial charge >= 0.3 is 0 Å². The number of nitrogens with zero attached hydrogens (tertiary/aromatic N) is 1. The quantitative estimate of drug-likeness (QED) is 0.721. The van der Waals surface area contributed by atoms with Crippen molar-refractivity contribution in [1.29, 1.82) is 0 Å². The van der Waals surface area contributed by atoms with Gasteiger partial charge in [0.25, 0.3) is 0 Å². The molecule has 0 aromatic carbocycles. The first-order chi connectivity index (χ1) is 7.65. The van der Waals surface area contributed by atoms with Gasteiger partial charge in [0.1, 0.15) is 0 Å². The molecule has 1 atom stereocenters. The minimum absolute atomic E-state index is 0.176. The molecule has 0 radical (unpaired) electrons. The van der Waals surface area contributed by atoms with Crippen LogP contribution in [0.1, 0.15) is 39.5 Å². The maximum Gasteiger partial charge on any atom is 0.0433 e. The molecule has 3 nitrogen and oxygen atoms in total. The van der Waals surface area contributed by atoms with Gasteiger partial charge in [0, 0.05) is 18.6 Å². The molecule has 0 amide bonds. The van der Waals surface area contributed by atoms with Crippen molar-refractivity contribution in [2.24, 2.45) is 11.7 Å². The smallest absolute Gasteiger partial charge is 0.0433 e. The Hall–Kier alpha value is -0.120. The van der Waals surface area contributed by atoms with Crippen molar-refractivity contribution < 1.29 is 0 Å². The summed E-state index contributed by atoms with van der Waals surface area (Å²) in [6.45, 7) is 8.75. The summed E-state index contributed by atoms with van der Waals surface area (Å²) in [7, 11) is 2.20. The fraction of sp³-hybridized carbons (Fsp3) is 1.00. The molecule has 16 heavy (non-hydrogen) atoms. The second-order valence-corrected chi connectivity index (χ2v) is 5.39. The van der Waals surface area contributed by atoms with Gasteiger partial charge in [0.15, 0.2) is 0 Å².